The Hall–Kier alpha value is -2.90. The molecule has 2 heterocycles. The number of hydrogen-bond acceptors (Lipinski definition) is 5. The summed E-state index contributed by atoms with van der Waals surface area (Å²) in [6, 6.07) is 12.0. The van der Waals surface area contributed by atoms with E-state index >= 15 is 0 Å². The van der Waals surface area contributed by atoms with Crippen molar-refractivity contribution in [1.82, 2.24) is 9.78 Å². The quantitative estimate of drug-likeness (QED) is 0.463. The summed E-state index contributed by atoms with van der Waals surface area (Å²) >= 11 is 7.61. The van der Waals surface area contributed by atoms with Gasteiger partial charge in [-0.25, -0.2) is 4.68 Å². The minimum Gasteiger partial charge on any atom is -0.495 e. The zero-order chi connectivity index (χ0) is 21.4. The normalized spacial score (nSPS) is 12.3. The lowest BCUT2D eigenvalue weighted by Gasteiger charge is -2.18. The van der Waals surface area contributed by atoms with E-state index in [2.05, 4.69) is 10.4 Å². The number of hydrogen-bond donors (Lipinski definition) is 1. The monoisotopic (exact) mass is 441 g/mol. The molecular weight excluding hydrogens is 422 g/mol. The Morgan fingerprint density at radius 3 is 2.80 bits per heavy atom. The lowest BCUT2D eigenvalue weighted by atomic mass is 10.1. The van der Waals surface area contributed by atoms with Crippen molar-refractivity contribution in [3.63, 3.8) is 0 Å². The van der Waals surface area contributed by atoms with E-state index in [0.717, 1.165) is 20.5 Å². The Morgan fingerprint density at radius 2 is 2.07 bits per heavy atom. The highest BCUT2D eigenvalue weighted by molar-refractivity contribution is 7.26. The first-order valence-electron chi connectivity index (χ1n) is 9.49. The van der Waals surface area contributed by atoms with Gasteiger partial charge in [0, 0.05) is 15.1 Å². The third-order valence-electron chi connectivity index (χ3n) is 5.01. The highest BCUT2D eigenvalue weighted by Crippen LogP contribution is 2.33. The van der Waals surface area contributed by atoms with Crippen LogP contribution in [0.5, 0.6) is 5.75 Å². The number of benzene rings is 2. The van der Waals surface area contributed by atoms with E-state index in [1.165, 1.54) is 11.8 Å². The molecule has 2 aromatic carbocycles. The van der Waals surface area contributed by atoms with Crippen molar-refractivity contribution in [2.45, 2.75) is 26.3 Å². The Balaban J connectivity index is 1.81. The molecule has 0 aliphatic rings. The van der Waals surface area contributed by atoms with Gasteiger partial charge in [0.25, 0.3) is 5.56 Å². The van der Waals surface area contributed by atoms with Crippen molar-refractivity contribution in [3.8, 4) is 5.75 Å². The van der Waals surface area contributed by atoms with Gasteiger partial charge in [-0.05, 0) is 37.6 Å². The molecule has 30 heavy (non-hydrogen) atoms. The van der Waals surface area contributed by atoms with E-state index in [9.17, 15) is 9.59 Å². The standard InChI is InChI=1S/C22H20ClN3O3S/c1-4-16(21(27)24-15-11-13(23)9-10-17(15)29-3)26-22(28)19-14-7-5-6-8-18(14)30-20(19)12(2)25-26/h5-11,16H,4H2,1-3H3,(H,24,27). The van der Waals surface area contributed by atoms with E-state index in [-0.39, 0.29) is 11.5 Å². The number of aryl methyl sites for hydroxylation is 1. The van der Waals surface area contributed by atoms with Crippen LogP contribution in [0.25, 0.3) is 20.2 Å². The van der Waals surface area contributed by atoms with E-state index in [1.807, 2.05) is 38.1 Å². The van der Waals surface area contributed by atoms with Crippen LogP contribution >= 0.6 is 22.9 Å². The molecule has 0 aliphatic carbocycles. The molecule has 0 fully saturated rings. The molecule has 4 aromatic rings. The van der Waals surface area contributed by atoms with Crippen molar-refractivity contribution in [2.24, 2.45) is 0 Å². The van der Waals surface area contributed by atoms with Gasteiger partial charge < -0.3 is 10.1 Å². The van der Waals surface area contributed by atoms with Gasteiger partial charge in [-0.15, -0.1) is 11.3 Å². The first-order valence-corrected chi connectivity index (χ1v) is 10.7. The fourth-order valence-corrected chi connectivity index (χ4v) is 4.86. The lowest BCUT2D eigenvalue weighted by Crippen LogP contribution is -2.35. The molecule has 154 valence electrons. The molecule has 2 aromatic heterocycles. The van der Waals surface area contributed by atoms with Gasteiger partial charge in [-0.2, -0.15) is 5.10 Å². The summed E-state index contributed by atoms with van der Waals surface area (Å²) < 4.78 is 8.47. The summed E-state index contributed by atoms with van der Waals surface area (Å²) in [6.07, 6.45) is 0.397. The van der Waals surface area contributed by atoms with Gasteiger partial charge >= 0.3 is 0 Å². The second kappa shape index (κ2) is 8.08. The molecule has 1 N–H and O–H groups in total. The highest BCUT2D eigenvalue weighted by Gasteiger charge is 2.25. The molecule has 1 unspecified atom stereocenters. The molecule has 0 saturated carbocycles. The average molecular weight is 442 g/mol. The first kappa shape index (κ1) is 20.4. The summed E-state index contributed by atoms with van der Waals surface area (Å²) in [5.74, 6) is 0.129. The zero-order valence-corrected chi connectivity index (χ0v) is 18.3. The molecule has 4 rings (SSSR count). The average Bonchev–Trinajstić information content (AvgIpc) is 3.13. The fraction of sp³-hybridized carbons (Fsp3) is 0.227. The van der Waals surface area contributed by atoms with Crippen LogP contribution < -0.4 is 15.6 Å². The zero-order valence-electron chi connectivity index (χ0n) is 16.7. The molecule has 0 spiro atoms. The van der Waals surface area contributed by atoms with Crippen molar-refractivity contribution in [1.29, 1.82) is 0 Å². The van der Waals surface area contributed by atoms with Gasteiger partial charge in [0.2, 0.25) is 5.91 Å². The molecule has 1 amide bonds. The number of carbonyl (C=O) groups is 1. The molecular formula is C22H20ClN3O3S. The molecule has 0 saturated heterocycles. The fourth-order valence-electron chi connectivity index (χ4n) is 3.55. The predicted molar refractivity (Wildman–Crippen MR) is 122 cm³/mol. The van der Waals surface area contributed by atoms with Gasteiger partial charge in [-0.3, -0.25) is 9.59 Å². The Labute approximate surface area is 182 Å². The SMILES string of the molecule is CCC(C(=O)Nc1cc(Cl)ccc1OC)n1nc(C)c2sc3ccccc3c2c1=O. The van der Waals surface area contributed by atoms with Crippen molar-refractivity contribution in [2.75, 3.05) is 12.4 Å². The van der Waals surface area contributed by atoms with Crippen molar-refractivity contribution >= 4 is 54.7 Å². The minimum atomic E-state index is -0.775. The van der Waals surface area contributed by atoms with E-state index in [4.69, 9.17) is 16.3 Å². The van der Waals surface area contributed by atoms with E-state index in [0.29, 0.717) is 28.3 Å². The second-order valence-corrected chi connectivity index (χ2v) is 8.38. The smallest absolute Gasteiger partial charge is 0.276 e. The number of nitrogens with zero attached hydrogens (tertiary/aromatic N) is 2. The van der Waals surface area contributed by atoms with Crippen molar-refractivity contribution in [3.05, 3.63) is 63.5 Å². The maximum Gasteiger partial charge on any atom is 0.276 e. The molecule has 6 nitrogen and oxygen atoms in total. The van der Waals surface area contributed by atoms with Crippen LogP contribution in [0.15, 0.2) is 47.3 Å². The van der Waals surface area contributed by atoms with Crippen LogP contribution in [-0.4, -0.2) is 22.8 Å². The Morgan fingerprint density at radius 1 is 1.30 bits per heavy atom. The van der Waals surface area contributed by atoms with Gasteiger partial charge in [0.05, 0.1) is 28.6 Å². The molecule has 0 bridgehead atoms. The third-order valence-corrected chi connectivity index (χ3v) is 6.52. The van der Waals surface area contributed by atoms with Gasteiger partial charge in [-0.1, -0.05) is 36.7 Å². The van der Waals surface area contributed by atoms with Gasteiger partial charge in [0.15, 0.2) is 0 Å². The summed E-state index contributed by atoms with van der Waals surface area (Å²) in [5.41, 5.74) is 0.894. The number of halogens is 1. The summed E-state index contributed by atoms with van der Waals surface area (Å²) in [6.45, 7) is 3.71. The third kappa shape index (κ3) is 3.44. The predicted octanol–water partition coefficient (Wildman–Crippen LogP) is 5.17. The van der Waals surface area contributed by atoms with E-state index < -0.39 is 6.04 Å². The maximum absolute atomic E-state index is 13.4. The summed E-state index contributed by atoms with van der Waals surface area (Å²) in [7, 11) is 1.52. The molecule has 0 aliphatic heterocycles. The molecule has 0 radical (unpaired) electrons. The number of anilines is 1. The van der Waals surface area contributed by atoms with Gasteiger partial charge in [0.1, 0.15) is 11.8 Å². The Bertz CT molecular complexity index is 1330. The van der Waals surface area contributed by atoms with Crippen LogP contribution in [0, 0.1) is 6.92 Å². The largest absolute Gasteiger partial charge is 0.495 e. The van der Waals surface area contributed by atoms with Crippen LogP contribution in [0.4, 0.5) is 5.69 Å². The molecule has 1 atom stereocenters. The number of nitrogens with one attached hydrogen (secondary N) is 1. The number of carbonyl (C=O) groups excluding carboxylic acids is 1. The maximum atomic E-state index is 13.4. The number of methoxy groups -OCH3 is 1. The summed E-state index contributed by atoms with van der Waals surface area (Å²) in [4.78, 5) is 26.5. The minimum absolute atomic E-state index is 0.270. The number of thiophene rings is 1. The number of ether oxygens (including phenoxy) is 1. The number of rotatable bonds is 5. The van der Waals surface area contributed by atoms with Crippen LogP contribution in [0.2, 0.25) is 5.02 Å². The van der Waals surface area contributed by atoms with Crippen LogP contribution in [0.1, 0.15) is 25.1 Å². The van der Waals surface area contributed by atoms with E-state index in [1.54, 1.807) is 29.5 Å². The molecule has 8 heteroatoms. The number of fused-ring (bicyclic) bond motifs is 3. The van der Waals surface area contributed by atoms with Crippen LogP contribution in [0.3, 0.4) is 0 Å². The number of aromatic nitrogens is 2. The van der Waals surface area contributed by atoms with Crippen LogP contribution in [-0.2, 0) is 4.79 Å². The number of amides is 1. The van der Waals surface area contributed by atoms with Crippen molar-refractivity contribution < 1.29 is 9.53 Å². The second-order valence-electron chi connectivity index (χ2n) is 6.90. The Kier molecular flexibility index (Phi) is 5.49. The lowest BCUT2D eigenvalue weighted by molar-refractivity contribution is -0.119. The first-order chi connectivity index (χ1) is 14.4. The topological polar surface area (TPSA) is 73.2 Å². The summed E-state index contributed by atoms with van der Waals surface area (Å²) in [5, 5.41) is 9.28. The highest BCUT2D eigenvalue weighted by atomic mass is 35.5.